The lowest BCUT2D eigenvalue weighted by atomic mass is 9.92. The van der Waals surface area contributed by atoms with E-state index in [1.807, 2.05) is 18.2 Å². The summed E-state index contributed by atoms with van der Waals surface area (Å²) >= 11 is 1.48. The highest BCUT2D eigenvalue weighted by molar-refractivity contribution is 7.15. The predicted molar refractivity (Wildman–Crippen MR) is 111 cm³/mol. The molecule has 2 aromatic rings. The maximum atomic E-state index is 12.6. The fourth-order valence-electron chi connectivity index (χ4n) is 3.96. The van der Waals surface area contributed by atoms with Crippen LogP contribution >= 0.6 is 23.7 Å². The molecular weight excluding hydrogens is 398 g/mol. The number of ether oxygens (including phenoxy) is 1. The number of carbonyl (C=O) groups excluding carboxylic acids is 2. The van der Waals surface area contributed by atoms with Crippen molar-refractivity contribution in [3.05, 3.63) is 46.5 Å². The summed E-state index contributed by atoms with van der Waals surface area (Å²) < 4.78 is 4.77. The summed E-state index contributed by atoms with van der Waals surface area (Å²) in [5, 5.41) is 7.00. The van der Waals surface area contributed by atoms with Crippen molar-refractivity contribution in [2.45, 2.75) is 25.7 Å². The van der Waals surface area contributed by atoms with E-state index in [-0.39, 0.29) is 35.6 Å². The van der Waals surface area contributed by atoms with Gasteiger partial charge >= 0.3 is 5.97 Å². The third kappa shape index (κ3) is 4.37. The normalized spacial score (nSPS) is 19.5. The average molecular weight is 422 g/mol. The van der Waals surface area contributed by atoms with Crippen molar-refractivity contribution in [3.8, 4) is 0 Å². The van der Waals surface area contributed by atoms with Crippen LogP contribution in [0.4, 0.5) is 5.13 Å². The summed E-state index contributed by atoms with van der Waals surface area (Å²) in [6.07, 6.45) is 5.63. The molecule has 28 heavy (non-hydrogen) atoms. The highest BCUT2D eigenvalue weighted by atomic mass is 35.5. The van der Waals surface area contributed by atoms with E-state index in [1.165, 1.54) is 18.4 Å². The maximum Gasteiger partial charge on any atom is 0.337 e. The monoisotopic (exact) mass is 421 g/mol. The Balaban J connectivity index is 0.00000225. The molecule has 4 rings (SSSR count). The van der Waals surface area contributed by atoms with Gasteiger partial charge in [0.15, 0.2) is 5.13 Å². The number of benzene rings is 1. The van der Waals surface area contributed by atoms with Crippen LogP contribution in [0.15, 0.2) is 30.5 Å². The smallest absolute Gasteiger partial charge is 0.337 e. The Morgan fingerprint density at radius 3 is 2.89 bits per heavy atom. The molecule has 1 aliphatic heterocycles. The highest BCUT2D eigenvalue weighted by Gasteiger charge is 2.57. The lowest BCUT2D eigenvalue weighted by Crippen LogP contribution is -2.31. The number of nitrogens with zero attached hydrogens (tertiary/aromatic N) is 1. The molecule has 1 aliphatic carbocycles. The summed E-state index contributed by atoms with van der Waals surface area (Å²) in [4.78, 5) is 29.6. The van der Waals surface area contributed by atoms with Gasteiger partial charge in [-0.2, -0.15) is 0 Å². The first-order valence-electron chi connectivity index (χ1n) is 9.23. The summed E-state index contributed by atoms with van der Waals surface area (Å²) in [7, 11) is 1.38. The van der Waals surface area contributed by atoms with Gasteiger partial charge in [0.25, 0.3) is 0 Å². The van der Waals surface area contributed by atoms with E-state index in [0.29, 0.717) is 17.1 Å². The van der Waals surface area contributed by atoms with Crippen molar-refractivity contribution >= 4 is 40.8 Å². The van der Waals surface area contributed by atoms with Gasteiger partial charge in [-0.1, -0.05) is 12.1 Å². The number of methoxy groups -OCH3 is 1. The topological polar surface area (TPSA) is 80.3 Å². The van der Waals surface area contributed by atoms with Crippen LogP contribution in [0, 0.1) is 11.3 Å². The van der Waals surface area contributed by atoms with E-state index in [4.69, 9.17) is 4.74 Å². The second kappa shape index (κ2) is 8.59. The number of anilines is 1. The SMILES string of the molecule is COC(=O)c1cccc(Cc2cnc(NC(=O)C3CC34CCNCC4)s2)c1.Cl. The number of aromatic nitrogens is 1. The minimum Gasteiger partial charge on any atom is -0.465 e. The Morgan fingerprint density at radius 1 is 1.36 bits per heavy atom. The number of rotatable bonds is 5. The highest BCUT2D eigenvalue weighted by Crippen LogP contribution is 2.58. The Bertz CT molecular complexity index is 864. The van der Waals surface area contributed by atoms with Crippen molar-refractivity contribution in [1.82, 2.24) is 10.3 Å². The number of piperidine rings is 1. The Kier molecular flexibility index (Phi) is 6.37. The predicted octanol–water partition coefficient (Wildman–Crippen LogP) is 3.27. The number of halogens is 1. The standard InChI is InChI=1S/C20H23N3O3S.ClH/c1-26-18(25)14-4-2-3-13(9-14)10-15-12-22-19(27-15)23-17(24)16-11-20(16)5-7-21-8-6-20;/h2-4,9,12,16,21H,5-8,10-11H2,1H3,(H,22,23,24);1H. The van der Waals surface area contributed by atoms with Crippen molar-refractivity contribution in [2.75, 3.05) is 25.5 Å². The number of hydrogen-bond acceptors (Lipinski definition) is 6. The third-order valence-corrected chi connectivity index (χ3v) is 6.53. The van der Waals surface area contributed by atoms with Crippen LogP contribution in [0.25, 0.3) is 0 Å². The molecular formula is C20H24ClN3O3S. The van der Waals surface area contributed by atoms with Gasteiger partial charge in [0.1, 0.15) is 0 Å². The van der Waals surface area contributed by atoms with Crippen molar-refractivity contribution < 1.29 is 14.3 Å². The minimum absolute atomic E-state index is 0. The molecule has 1 amide bonds. The largest absolute Gasteiger partial charge is 0.465 e. The van der Waals surface area contributed by atoms with Gasteiger partial charge in [0.2, 0.25) is 5.91 Å². The number of nitrogens with one attached hydrogen (secondary N) is 2. The van der Waals surface area contributed by atoms with Gasteiger partial charge in [-0.25, -0.2) is 9.78 Å². The molecule has 1 saturated carbocycles. The summed E-state index contributed by atoms with van der Waals surface area (Å²) in [6.45, 7) is 2.02. The molecule has 0 bridgehead atoms. The summed E-state index contributed by atoms with van der Waals surface area (Å²) in [5.41, 5.74) is 1.77. The maximum absolute atomic E-state index is 12.6. The van der Waals surface area contributed by atoms with Crippen LogP contribution < -0.4 is 10.6 Å². The fourth-order valence-corrected chi connectivity index (χ4v) is 4.81. The molecule has 1 saturated heterocycles. The van der Waals surface area contributed by atoms with Crippen LogP contribution in [-0.4, -0.2) is 37.1 Å². The molecule has 6 nitrogen and oxygen atoms in total. The Labute approximate surface area is 174 Å². The quantitative estimate of drug-likeness (QED) is 0.724. The number of carbonyl (C=O) groups is 2. The van der Waals surface area contributed by atoms with Crippen LogP contribution in [0.1, 0.15) is 40.1 Å². The van der Waals surface area contributed by atoms with E-state index in [1.54, 1.807) is 12.3 Å². The molecule has 2 aliphatic rings. The average Bonchev–Trinajstić information content (AvgIpc) is 3.20. The van der Waals surface area contributed by atoms with Crippen LogP contribution in [0.5, 0.6) is 0 Å². The van der Waals surface area contributed by atoms with Crippen molar-refractivity contribution in [3.63, 3.8) is 0 Å². The molecule has 2 fully saturated rings. The van der Waals surface area contributed by atoms with E-state index in [0.717, 1.165) is 42.8 Å². The summed E-state index contributed by atoms with van der Waals surface area (Å²) in [5.74, 6) is -0.112. The number of amides is 1. The van der Waals surface area contributed by atoms with Gasteiger partial charge in [-0.15, -0.1) is 23.7 Å². The molecule has 1 aromatic carbocycles. The van der Waals surface area contributed by atoms with Gasteiger partial charge < -0.3 is 15.4 Å². The van der Waals surface area contributed by atoms with E-state index < -0.39 is 0 Å². The lowest BCUT2D eigenvalue weighted by Gasteiger charge is -2.22. The molecule has 150 valence electrons. The number of esters is 1. The number of hydrogen-bond donors (Lipinski definition) is 2. The second-order valence-corrected chi connectivity index (χ2v) is 8.47. The van der Waals surface area contributed by atoms with Crippen molar-refractivity contribution in [2.24, 2.45) is 11.3 Å². The zero-order valence-corrected chi connectivity index (χ0v) is 17.3. The van der Waals surface area contributed by atoms with Crippen molar-refractivity contribution in [1.29, 1.82) is 0 Å². The van der Waals surface area contributed by atoms with Crippen LogP contribution in [-0.2, 0) is 16.0 Å². The van der Waals surface area contributed by atoms with Crippen LogP contribution in [0.3, 0.4) is 0 Å². The molecule has 8 heteroatoms. The molecule has 1 atom stereocenters. The minimum atomic E-state index is -0.342. The first-order valence-corrected chi connectivity index (χ1v) is 10.0. The second-order valence-electron chi connectivity index (χ2n) is 7.36. The van der Waals surface area contributed by atoms with E-state index >= 15 is 0 Å². The van der Waals surface area contributed by atoms with Crippen LogP contribution in [0.2, 0.25) is 0 Å². The third-order valence-electron chi connectivity index (χ3n) is 5.62. The first kappa shape index (κ1) is 20.8. The van der Waals surface area contributed by atoms with E-state index in [2.05, 4.69) is 15.6 Å². The Morgan fingerprint density at radius 2 is 2.14 bits per heavy atom. The number of thiazole rings is 1. The molecule has 1 spiro atoms. The zero-order valence-electron chi connectivity index (χ0n) is 15.7. The first-order chi connectivity index (χ1) is 13.1. The zero-order chi connectivity index (χ0) is 18.9. The Hall–Kier alpha value is -1.96. The van der Waals surface area contributed by atoms with Gasteiger partial charge in [0, 0.05) is 23.4 Å². The molecule has 1 unspecified atom stereocenters. The van der Waals surface area contributed by atoms with Gasteiger partial charge in [-0.3, -0.25) is 4.79 Å². The van der Waals surface area contributed by atoms with E-state index in [9.17, 15) is 9.59 Å². The van der Waals surface area contributed by atoms with Gasteiger partial charge in [0.05, 0.1) is 12.7 Å². The molecule has 1 aromatic heterocycles. The fraction of sp³-hybridized carbons (Fsp3) is 0.450. The summed E-state index contributed by atoms with van der Waals surface area (Å²) in [6, 6.07) is 7.38. The molecule has 0 radical (unpaired) electrons. The molecule has 2 N–H and O–H groups in total. The lowest BCUT2D eigenvalue weighted by molar-refractivity contribution is -0.118. The van der Waals surface area contributed by atoms with Gasteiger partial charge in [-0.05, 0) is 55.5 Å². The molecule has 2 heterocycles.